The largest absolute Gasteiger partial charge is 0.348 e. The molecule has 1 N–H and O–H groups in total. The first-order valence-corrected chi connectivity index (χ1v) is 11.9. The fourth-order valence-corrected chi connectivity index (χ4v) is 5.21. The lowest BCUT2D eigenvalue weighted by molar-refractivity contribution is -0.113. The van der Waals surface area contributed by atoms with E-state index in [4.69, 9.17) is 0 Å². The van der Waals surface area contributed by atoms with Crippen LogP contribution in [0.4, 0.5) is 19.6 Å². The third-order valence-corrected chi connectivity index (χ3v) is 7.02. The molecule has 0 atom stereocenters. The maximum Gasteiger partial charge on any atom is 0.274 e. The summed E-state index contributed by atoms with van der Waals surface area (Å²) in [4.78, 5) is 36.6. The Morgan fingerprint density at radius 1 is 1.25 bits per heavy atom. The highest BCUT2D eigenvalue weighted by Crippen LogP contribution is 2.29. The minimum atomic E-state index is -0.862. The second-order valence-corrected chi connectivity index (χ2v) is 9.18. The molecule has 1 aliphatic heterocycles. The number of hydrogen-bond acceptors (Lipinski definition) is 7. The van der Waals surface area contributed by atoms with E-state index in [-0.39, 0.29) is 23.5 Å². The van der Waals surface area contributed by atoms with E-state index < -0.39 is 17.5 Å². The van der Waals surface area contributed by atoms with E-state index in [1.54, 1.807) is 6.08 Å². The molecule has 1 aromatic carbocycles. The highest BCUT2D eigenvalue weighted by Gasteiger charge is 2.20. The zero-order valence-electron chi connectivity index (χ0n) is 17.1. The van der Waals surface area contributed by atoms with Crippen molar-refractivity contribution in [2.45, 2.75) is 31.0 Å². The number of amides is 1. The minimum Gasteiger partial charge on any atom is -0.348 e. The highest BCUT2D eigenvalue weighted by molar-refractivity contribution is 7.99. The van der Waals surface area contributed by atoms with Crippen LogP contribution in [0.1, 0.15) is 19.3 Å². The molecule has 0 aliphatic carbocycles. The van der Waals surface area contributed by atoms with Crippen molar-refractivity contribution in [1.29, 1.82) is 0 Å². The number of piperidine rings is 1. The first-order valence-electron chi connectivity index (χ1n) is 10.1. The number of hydrogen-bond donors (Lipinski definition) is 1. The van der Waals surface area contributed by atoms with Crippen LogP contribution in [-0.2, 0) is 11.3 Å². The number of nitrogens with zero attached hydrogens (tertiary/aromatic N) is 4. The average molecular weight is 478 g/mol. The van der Waals surface area contributed by atoms with Crippen LogP contribution in [-0.4, -0.2) is 39.3 Å². The molecule has 3 heterocycles. The zero-order valence-corrected chi connectivity index (χ0v) is 18.8. The molecule has 7 nitrogen and oxygen atoms in total. The molecule has 2 aromatic heterocycles. The van der Waals surface area contributed by atoms with Crippen molar-refractivity contribution >= 4 is 50.2 Å². The first-order chi connectivity index (χ1) is 15.5. The number of nitrogens with one attached hydrogen (secondary N) is 1. The standard InChI is InChI=1S/C21H21F2N5O2S2/c1-2-8-28-19(30)17-18(25-20(32-17)27-9-4-3-5-10-27)26-21(28)31-12-16(29)24-15-7-6-13(22)11-14(15)23/h2,6-7,11H,1,3-5,8-10,12H2,(H,24,29). The predicted molar refractivity (Wildman–Crippen MR) is 124 cm³/mol. The Hall–Kier alpha value is -2.79. The fraction of sp³-hybridized carbons (Fsp3) is 0.333. The molecule has 168 valence electrons. The monoisotopic (exact) mass is 477 g/mol. The molecule has 1 aliphatic rings. The second kappa shape index (κ2) is 9.78. The van der Waals surface area contributed by atoms with Crippen LogP contribution in [0.2, 0.25) is 0 Å². The summed E-state index contributed by atoms with van der Waals surface area (Å²) in [5, 5.41) is 3.51. The van der Waals surface area contributed by atoms with Gasteiger partial charge in [-0.05, 0) is 31.4 Å². The maximum absolute atomic E-state index is 13.8. The number of thiazole rings is 1. The molecule has 0 unspecified atom stereocenters. The van der Waals surface area contributed by atoms with Gasteiger partial charge in [-0.15, -0.1) is 6.58 Å². The van der Waals surface area contributed by atoms with Crippen LogP contribution >= 0.6 is 23.1 Å². The van der Waals surface area contributed by atoms with Gasteiger partial charge in [-0.25, -0.2) is 13.8 Å². The minimum absolute atomic E-state index is 0.116. The van der Waals surface area contributed by atoms with E-state index in [1.807, 2.05) is 0 Å². The number of carbonyl (C=O) groups is 1. The van der Waals surface area contributed by atoms with Gasteiger partial charge in [-0.3, -0.25) is 14.2 Å². The molecular weight excluding hydrogens is 456 g/mol. The van der Waals surface area contributed by atoms with E-state index >= 15 is 0 Å². The van der Waals surface area contributed by atoms with E-state index in [2.05, 4.69) is 26.8 Å². The Morgan fingerprint density at radius 3 is 2.75 bits per heavy atom. The van der Waals surface area contributed by atoms with E-state index in [9.17, 15) is 18.4 Å². The van der Waals surface area contributed by atoms with Gasteiger partial charge in [0.1, 0.15) is 16.3 Å². The summed E-state index contributed by atoms with van der Waals surface area (Å²) >= 11 is 2.38. The third-order valence-electron chi connectivity index (χ3n) is 4.95. The summed E-state index contributed by atoms with van der Waals surface area (Å²) in [5.74, 6) is -2.21. The number of rotatable bonds is 7. The summed E-state index contributed by atoms with van der Waals surface area (Å²) in [5.41, 5.74) is 0.00564. The summed E-state index contributed by atoms with van der Waals surface area (Å²) in [6.07, 6.45) is 4.96. The average Bonchev–Trinajstić information content (AvgIpc) is 3.22. The highest BCUT2D eigenvalue weighted by atomic mass is 32.2. The summed E-state index contributed by atoms with van der Waals surface area (Å²) in [6, 6.07) is 2.91. The van der Waals surface area contributed by atoms with Gasteiger partial charge in [-0.2, -0.15) is 4.98 Å². The predicted octanol–water partition coefficient (Wildman–Crippen LogP) is 4.04. The molecule has 4 rings (SSSR count). The van der Waals surface area contributed by atoms with Crippen LogP contribution in [0.15, 0.2) is 40.8 Å². The number of halogens is 2. The van der Waals surface area contributed by atoms with E-state index in [0.717, 1.165) is 55.0 Å². The molecule has 11 heteroatoms. The Bertz CT molecular complexity index is 1220. The number of fused-ring (bicyclic) bond motifs is 1. The molecular formula is C21H21F2N5O2S2. The zero-order chi connectivity index (χ0) is 22.7. The van der Waals surface area contributed by atoms with Crippen molar-refractivity contribution in [3.8, 4) is 0 Å². The lowest BCUT2D eigenvalue weighted by Crippen LogP contribution is -2.29. The fourth-order valence-electron chi connectivity index (χ4n) is 3.40. The second-order valence-electron chi connectivity index (χ2n) is 7.26. The number of allylic oxidation sites excluding steroid dienone is 1. The molecule has 3 aromatic rings. The Morgan fingerprint density at radius 2 is 2.03 bits per heavy atom. The van der Waals surface area contributed by atoms with E-state index in [1.165, 1.54) is 22.3 Å². The van der Waals surface area contributed by atoms with Gasteiger partial charge in [0.15, 0.2) is 15.9 Å². The number of carbonyl (C=O) groups excluding carboxylic acids is 1. The smallest absolute Gasteiger partial charge is 0.274 e. The van der Waals surface area contributed by atoms with Gasteiger partial charge in [-0.1, -0.05) is 29.2 Å². The number of benzene rings is 1. The summed E-state index contributed by atoms with van der Waals surface area (Å²) in [6.45, 7) is 5.74. The molecule has 1 amide bonds. The van der Waals surface area contributed by atoms with E-state index in [0.29, 0.717) is 21.6 Å². The quantitative estimate of drug-likeness (QED) is 0.314. The molecule has 0 spiro atoms. The van der Waals surface area contributed by atoms with Crippen LogP contribution in [0.25, 0.3) is 10.3 Å². The van der Waals surface area contributed by atoms with Gasteiger partial charge in [0.25, 0.3) is 5.56 Å². The van der Waals surface area contributed by atoms with Crippen LogP contribution in [0.5, 0.6) is 0 Å². The molecule has 0 radical (unpaired) electrons. The van der Waals surface area contributed by atoms with Gasteiger partial charge in [0.05, 0.1) is 11.4 Å². The number of anilines is 2. The van der Waals surface area contributed by atoms with Crippen LogP contribution < -0.4 is 15.8 Å². The van der Waals surface area contributed by atoms with Crippen LogP contribution in [0, 0.1) is 11.6 Å². The van der Waals surface area contributed by atoms with Crippen molar-refractivity contribution < 1.29 is 13.6 Å². The Balaban J connectivity index is 1.56. The molecule has 1 saturated heterocycles. The lowest BCUT2D eigenvalue weighted by atomic mass is 10.1. The number of aromatic nitrogens is 3. The third kappa shape index (κ3) is 4.83. The van der Waals surface area contributed by atoms with Gasteiger partial charge < -0.3 is 10.2 Å². The SMILES string of the molecule is C=CCn1c(SCC(=O)Nc2ccc(F)cc2F)nc2nc(N3CCCCC3)sc2c1=O. The van der Waals surface area contributed by atoms with Crippen molar-refractivity contribution in [2.75, 3.05) is 29.1 Å². The first kappa shape index (κ1) is 22.4. The molecule has 32 heavy (non-hydrogen) atoms. The molecule has 1 fully saturated rings. The van der Waals surface area contributed by atoms with Gasteiger partial charge in [0, 0.05) is 25.7 Å². The summed E-state index contributed by atoms with van der Waals surface area (Å²) < 4.78 is 28.7. The van der Waals surface area contributed by atoms with Crippen molar-refractivity contribution in [2.24, 2.45) is 0 Å². The number of thioether (sulfide) groups is 1. The normalized spacial score (nSPS) is 14.0. The maximum atomic E-state index is 13.8. The summed E-state index contributed by atoms with van der Waals surface area (Å²) in [7, 11) is 0. The van der Waals surface area contributed by atoms with Crippen LogP contribution in [0.3, 0.4) is 0 Å². The Kier molecular flexibility index (Phi) is 6.85. The van der Waals surface area contributed by atoms with Gasteiger partial charge >= 0.3 is 0 Å². The molecule has 0 bridgehead atoms. The lowest BCUT2D eigenvalue weighted by Gasteiger charge is -2.25. The van der Waals surface area contributed by atoms with Crippen molar-refractivity contribution in [3.05, 3.63) is 52.8 Å². The molecule has 0 saturated carbocycles. The van der Waals surface area contributed by atoms with Crippen molar-refractivity contribution in [3.63, 3.8) is 0 Å². The van der Waals surface area contributed by atoms with Gasteiger partial charge in [0.2, 0.25) is 5.91 Å². The Labute approximate surface area is 191 Å². The topological polar surface area (TPSA) is 80.1 Å². The van der Waals surface area contributed by atoms with Crippen molar-refractivity contribution in [1.82, 2.24) is 14.5 Å².